The Kier molecular flexibility index (Phi) is 6.28. The summed E-state index contributed by atoms with van der Waals surface area (Å²) >= 11 is 5.81. The number of halogens is 1. The number of fused-ring (bicyclic) bond motifs is 1. The number of carbonyl (C=O) groups is 4. The molecule has 0 aromatic heterocycles. The molecule has 166 valence electrons. The molecule has 2 aromatic rings. The van der Waals surface area contributed by atoms with E-state index in [2.05, 4.69) is 12.2 Å². The van der Waals surface area contributed by atoms with Crippen LogP contribution in [0, 0.1) is 17.8 Å². The maximum atomic E-state index is 12.9. The molecule has 0 unspecified atom stereocenters. The summed E-state index contributed by atoms with van der Waals surface area (Å²) in [6, 6.07) is 12.7. The Balaban J connectivity index is 1.41. The van der Waals surface area contributed by atoms with Gasteiger partial charge in [-0.25, -0.2) is 4.79 Å². The highest BCUT2D eigenvalue weighted by Crippen LogP contribution is 2.42. The molecule has 0 bridgehead atoms. The van der Waals surface area contributed by atoms with E-state index in [1.807, 2.05) is 0 Å². The average Bonchev–Trinajstić information content (AvgIpc) is 3.03. The van der Waals surface area contributed by atoms with E-state index >= 15 is 0 Å². The lowest BCUT2D eigenvalue weighted by Gasteiger charge is -2.25. The highest BCUT2D eigenvalue weighted by atomic mass is 35.5. The van der Waals surface area contributed by atoms with Gasteiger partial charge in [0.2, 0.25) is 11.8 Å². The van der Waals surface area contributed by atoms with Crippen LogP contribution in [0.5, 0.6) is 0 Å². The van der Waals surface area contributed by atoms with E-state index in [1.54, 1.807) is 36.4 Å². The van der Waals surface area contributed by atoms with Gasteiger partial charge in [-0.15, -0.1) is 0 Å². The van der Waals surface area contributed by atoms with Crippen LogP contribution in [0.1, 0.15) is 36.5 Å². The number of nitrogens with one attached hydrogen (secondary N) is 1. The van der Waals surface area contributed by atoms with Gasteiger partial charge in [-0.05, 0) is 67.6 Å². The van der Waals surface area contributed by atoms with Crippen molar-refractivity contribution in [3.05, 3.63) is 59.1 Å². The third kappa shape index (κ3) is 4.53. The van der Waals surface area contributed by atoms with E-state index < -0.39 is 18.5 Å². The molecule has 1 N–H and O–H groups in total. The zero-order valence-corrected chi connectivity index (χ0v) is 18.3. The van der Waals surface area contributed by atoms with Gasteiger partial charge in [0.15, 0.2) is 6.61 Å². The number of ether oxygens (including phenoxy) is 1. The standard InChI is InChI=1S/C24H23ClN2O5/c1-14-5-10-19-20(11-14)23(30)27(22(19)29)18-4-2-3-15(12-18)24(31)32-13-21(28)26-17-8-6-16(25)7-9-17/h2-4,6-9,12,14,19-20H,5,10-11,13H2,1H3,(H,26,28)/t14-,19+,20-/m1/s1. The van der Waals surface area contributed by atoms with Gasteiger partial charge in [0, 0.05) is 10.7 Å². The quantitative estimate of drug-likeness (QED) is 0.543. The fourth-order valence-electron chi connectivity index (χ4n) is 4.36. The highest BCUT2D eigenvalue weighted by Gasteiger charge is 2.50. The lowest BCUT2D eigenvalue weighted by atomic mass is 9.76. The Morgan fingerprint density at radius 3 is 2.53 bits per heavy atom. The molecule has 0 radical (unpaired) electrons. The van der Waals surface area contributed by atoms with Crippen molar-refractivity contribution in [2.24, 2.45) is 17.8 Å². The van der Waals surface area contributed by atoms with Crippen LogP contribution in [0.15, 0.2) is 48.5 Å². The molecule has 2 aromatic carbocycles. The summed E-state index contributed by atoms with van der Waals surface area (Å²) in [7, 11) is 0. The Morgan fingerprint density at radius 2 is 1.78 bits per heavy atom. The smallest absolute Gasteiger partial charge is 0.338 e. The number of anilines is 2. The zero-order chi connectivity index (χ0) is 22.8. The number of benzene rings is 2. The first kappa shape index (κ1) is 22.0. The summed E-state index contributed by atoms with van der Waals surface area (Å²) in [5, 5.41) is 3.14. The maximum absolute atomic E-state index is 12.9. The van der Waals surface area contributed by atoms with Crippen molar-refractivity contribution in [3.8, 4) is 0 Å². The van der Waals surface area contributed by atoms with Crippen molar-refractivity contribution >= 4 is 46.7 Å². The van der Waals surface area contributed by atoms with E-state index in [4.69, 9.17) is 16.3 Å². The second kappa shape index (κ2) is 9.12. The van der Waals surface area contributed by atoms with Crippen LogP contribution < -0.4 is 10.2 Å². The Morgan fingerprint density at radius 1 is 1.06 bits per heavy atom. The van der Waals surface area contributed by atoms with Crippen LogP contribution >= 0.6 is 11.6 Å². The molecular formula is C24H23ClN2O5. The van der Waals surface area contributed by atoms with Crippen LogP contribution in [0.4, 0.5) is 11.4 Å². The summed E-state index contributed by atoms with van der Waals surface area (Å²) in [4.78, 5) is 51.5. The van der Waals surface area contributed by atoms with E-state index in [9.17, 15) is 19.2 Å². The summed E-state index contributed by atoms with van der Waals surface area (Å²) in [5.74, 6) is -1.81. The van der Waals surface area contributed by atoms with Gasteiger partial charge in [0.05, 0.1) is 23.1 Å². The molecule has 1 saturated carbocycles. The predicted octanol–water partition coefficient (Wildman–Crippen LogP) is 4.06. The molecule has 1 heterocycles. The molecule has 4 rings (SSSR count). The van der Waals surface area contributed by atoms with Crippen LogP contribution in [-0.4, -0.2) is 30.3 Å². The van der Waals surface area contributed by atoms with Crippen LogP contribution in [0.25, 0.3) is 0 Å². The minimum Gasteiger partial charge on any atom is -0.452 e. The predicted molar refractivity (Wildman–Crippen MR) is 119 cm³/mol. The summed E-state index contributed by atoms with van der Waals surface area (Å²) in [6.45, 7) is 1.62. The molecule has 2 fully saturated rings. The van der Waals surface area contributed by atoms with E-state index in [0.29, 0.717) is 35.2 Å². The van der Waals surface area contributed by atoms with Crippen LogP contribution in [0.2, 0.25) is 5.02 Å². The number of esters is 1. The van der Waals surface area contributed by atoms with Crippen LogP contribution in [0.3, 0.4) is 0 Å². The number of nitrogens with zero attached hydrogens (tertiary/aromatic N) is 1. The van der Waals surface area contributed by atoms with Crippen LogP contribution in [-0.2, 0) is 19.1 Å². The third-order valence-corrected chi connectivity index (χ3v) is 6.24. The topological polar surface area (TPSA) is 92.8 Å². The number of imide groups is 1. The van der Waals surface area contributed by atoms with Gasteiger partial charge in [-0.3, -0.25) is 19.3 Å². The molecule has 7 nitrogen and oxygen atoms in total. The van der Waals surface area contributed by atoms with Gasteiger partial charge >= 0.3 is 5.97 Å². The number of carbonyl (C=O) groups excluding carboxylic acids is 4. The Bertz CT molecular complexity index is 1070. The summed E-state index contributed by atoms with van der Waals surface area (Å²) < 4.78 is 5.10. The van der Waals surface area contributed by atoms with E-state index in [0.717, 1.165) is 6.42 Å². The molecule has 3 amide bonds. The molecule has 1 saturated heterocycles. The van der Waals surface area contributed by atoms with Crippen molar-refractivity contribution in [2.45, 2.75) is 26.2 Å². The van der Waals surface area contributed by atoms with Gasteiger partial charge in [0.25, 0.3) is 5.91 Å². The van der Waals surface area contributed by atoms with Gasteiger partial charge in [-0.1, -0.05) is 24.6 Å². The molecule has 0 spiro atoms. The number of rotatable bonds is 5. The van der Waals surface area contributed by atoms with Crippen molar-refractivity contribution in [1.29, 1.82) is 0 Å². The van der Waals surface area contributed by atoms with Gasteiger partial charge < -0.3 is 10.1 Å². The second-order valence-corrected chi connectivity index (χ2v) is 8.76. The fourth-order valence-corrected chi connectivity index (χ4v) is 4.49. The van der Waals surface area contributed by atoms with Crippen molar-refractivity contribution in [1.82, 2.24) is 0 Å². The number of hydrogen-bond acceptors (Lipinski definition) is 5. The SMILES string of the molecule is C[C@@H]1CC[C@@H]2C(=O)N(c3cccc(C(=O)OCC(=O)Nc4ccc(Cl)cc4)c3)C(=O)[C@@H]2C1. The number of hydrogen-bond donors (Lipinski definition) is 1. The van der Waals surface area contributed by atoms with Gasteiger partial charge in [-0.2, -0.15) is 0 Å². The zero-order valence-electron chi connectivity index (χ0n) is 17.5. The van der Waals surface area contributed by atoms with Gasteiger partial charge in [0.1, 0.15) is 0 Å². The minimum atomic E-state index is -0.719. The Labute approximate surface area is 190 Å². The Hall–Kier alpha value is -3.19. The molecule has 2 aliphatic rings. The van der Waals surface area contributed by atoms with Crippen molar-refractivity contribution < 1.29 is 23.9 Å². The highest BCUT2D eigenvalue weighted by molar-refractivity contribution is 6.30. The molecule has 3 atom stereocenters. The maximum Gasteiger partial charge on any atom is 0.338 e. The average molecular weight is 455 g/mol. The lowest BCUT2D eigenvalue weighted by molar-refractivity contribution is -0.122. The first-order valence-corrected chi connectivity index (χ1v) is 10.9. The molecule has 8 heteroatoms. The minimum absolute atomic E-state index is 0.158. The first-order valence-electron chi connectivity index (χ1n) is 10.5. The molecule has 32 heavy (non-hydrogen) atoms. The van der Waals surface area contributed by atoms with Crippen molar-refractivity contribution in [3.63, 3.8) is 0 Å². The summed E-state index contributed by atoms with van der Waals surface area (Å²) in [5.41, 5.74) is 1.03. The van der Waals surface area contributed by atoms with E-state index in [-0.39, 0.29) is 29.2 Å². The molecule has 1 aliphatic heterocycles. The largest absolute Gasteiger partial charge is 0.452 e. The van der Waals surface area contributed by atoms with Crippen molar-refractivity contribution in [2.75, 3.05) is 16.8 Å². The lowest BCUT2D eigenvalue weighted by Crippen LogP contribution is -2.31. The normalized spacial score (nSPS) is 22.4. The number of amides is 3. The monoisotopic (exact) mass is 454 g/mol. The summed E-state index contributed by atoms with van der Waals surface area (Å²) in [6.07, 6.45) is 2.34. The molecular weight excluding hydrogens is 432 g/mol. The van der Waals surface area contributed by atoms with E-state index in [1.165, 1.54) is 17.0 Å². The second-order valence-electron chi connectivity index (χ2n) is 8.32. The third-order valence-electron chi connectivity index (χ3n) is 5.99. The fraction of sp³-hybridized carbons (Fsp3) is 0.333. The first-order chi connectivity index (χ1) is 15.3. The molecule has 1 aliphatic carbocycles.